The molecule has 0 unspecified atom stereocenters. The number of carbonyl (C=O) groups is 1. The number of hydrogen-bond donors (Lipinski definition) is 1. The SMILES string of the molecule is C=C[C@@H](CNS(=O)(=O)c1cccc2ccccc12)[C@H]1CCN2C(=O)S[C@@H](c3ccnc4ccc(OC)cc34)[C@@H]2C1. The number of aromatic nitrogens is 1. The zero-order valence-corrected chi connectivity index (χ0v) is 23.8. The first-order valence-corrected chi connectivity index (χ1v) is 15.8. The van der Waals surface area contributed by atoms with Crippen LogP contribution in [0.3, 0.4) is 0 Å². The average molecular weight is 574 g/mol. The predicted molar refractivity (Wildman–Crippen MR) is 160 cm³/mol. The molecular weight excluding hydrogens is 542 g/mol. The number of nitrogens with zero attached hydrogens (tertiary/aromatic N) is 2. The number of thioether (sulfide) groups is 1. The Hall–Kier alpha value is -3.40. The Morgan fingerprint density at radius 2 is 1.98 bits per heavy atom. The van der Waals surface area contributed by atoms with Gasteiger partial charge in [-0.3, -0.25) is 9.78 Å². The molecule has 2 aliphatic rings. The number of sulfonamides is 1. The van der Waals surface area contributed by atoms with E-state index < -0.39 is 10.0 Å². The number of rotatable bonds is 8. The highest BCUT2D eigenvalue weighted by Crippen LogP contribution is 2.50. The molecule has 0 aliphatic carbocycles. The molecule has 40 heavy (non-hydrogen) atoms. The molecule has 0 spiro atoms. The van der Waals surface area contributed by atoms with Gasteiger partial charge in [0.1, 0.15) is 5.75 Å². The Bertz CT molecular complexity index is 1700. The monoisotopic (exact) mass is 573 g/mol. The fourth-order valence-corrected chi connectivity index (χ4v) is 8.76. The second-order valence-electron chi connectivity index (χ2n) is 10.4. The van der Waals surface area contributed by atoms with Gasteiger partial charge in [-0.1, -0.05) is 54.2 Å². The fraction of sp³-hybridized carbons (Fsp3) is 0.290. The summed E-state index contributed by atoms with van der Waals surface area (Å²) in [6, 6.07) is 20.6. The van der Waals surface area contributed by atoms with Gasteiger partial charge >= 0.3 is 0 Å². The standard InChI is InChI=1S/C31H31N3O4S2/c1-3-20(19-33-40(36,37)29-10-6-8-21-7-4-5-9-24(21)29)22-14-16-34-28(17-22)30(39-31(34)35)25-13-15-32-27-12-11-23(38-2)18-26(25)27/h3-13,15,18,20,22,28,30,33H,1,14,16-17,19H2,2H3/t20-,22-,28-,30-/m0/s1. The molecule has 1 aromatic heterocycles. The van der Waals surface area contributed by atoms with Gasteiger partial charge in [0.2, 0.25) is 10.0 Å². The van der Waals surface area contributed by atoms with Gasteiger partial charge in [-0.2, -0.15) is 0 Å². The van der Waals surface area contributed by atoms with Crippen molar-refractivity contribution in [3.8, 4) is 5.75 Å². The molecule has 3 heterocycles. The minimum atomic E-state index is -3.73. The Labute approximate surface area is 238 Å². The van der Waals surface area contributed by atoms with Crippen molar-refractivity contribution >= 4 is 48.7 Å². The Balaban J connectivity index is 1.23. The van der Waals surface area contributed by atoms with Gasteiger partial charge in [0.05, 0.1) is 22.8 Å². The van der Waals surface area contributed by atoms with Crippen LogP contribution in [-0.2, 0) is 10.0 Å². The Kier molecular flexibility index (Phi) is 7.29. The van der Waals surface area contributed by atoms with Crippen LogP contribution < -0.4 is 9.46 Å². The first-order valence-electron chi connectivity index (χ1n) is 13.4. The van der Waals surface area contributed by atoms with E-state index in [2.05, 4.69) is 16.3 Å². The highest BCUT2D eigenvalue weighted by atomic mass is 32.2. The molecule has 4 atom stereocenters. The first kappa shape index (κ1) is 26.8. The molecule has 9 heteroatoms. The van der Waals surface area contributed by atoms with Crippen LogP contribution in [0.25, 0.3) is 21.7 Å². The van der Waals surface area contributed by atoms with E-state index in [4.69, 9.17) is 4.74 Å². The maximum Gasteiger partial charge on any atom is 0.282 e. The van der Waals surface area contributed by atoms with Gasteiger partial charge in [-0.25, -0.2) is 13.1 Å². The third-order valence-corrected chi connectivity index (χ3v) is 11.0. The van der Waals surface area contributed by atoms with Gasteiger partial charge < -0.3 is 9.64 Å². The molecule has 2 fully saturated rings. The lowest BCUT2D eigenvalue weighted by Crippen LogP contribution is -2.44. The molecule has 206 valence electrons. The largest absolute Gasteiger partial charge is 0.497 e. The lowest BCUT2D eigenvalue weighted by atomic mass is 9.79. The van der Waals surface area contributed by atoms with E-state index in [1.165, 1.54) is 11.8 Å². The second kappa shape index (κ2) is 10.9. The summed E-state index contributed by atoms with van der Waals surface area (Å²) in [4.78, 5) is 19.8. The van der Waals surface area contributed by atoms with Crippen molar-refractivity contribution < 1.29 is 17.9 Å². The van der Waals surface area contributed by atoms with Crippen molar-refractivity contribution in [2.45, 2.75) is 29.0 Å². The maximum absolute atomic E-state index is 13.4. The summed E-state index contributed by atoms with van der Waals surface area (Å²) in [6.45, 7) is 4.96. The molecule has 0 bridgehead atoms. The molecule has 1 amide bonds. The normalized spacial score (nSPS) is 21.9. The lowest BCUT2D eigenvalue weighted by molar-refractivity contribution is 0.135. The summed E-state index contributed by atoms with van der Waals surface area (Å²) in [7, 11) is -2.09. The van der Waals surface area contributed by atoms with Gasteiger partial charge in [-0.15, -0.1) is 6.58 Å². The van der Waals surface area contributed by atoms with E-state index in [-0.39, 0.29) is 39.8 Å². The molecule has 0 radical (unpaired) electrons. The second-order valence-corrected chi connectivity index (χ2v) is 13.2. The van der Waals surface area contributed by atoms with E-state index in [0.29, 0.717) is 11.9 Å². The molecule has 3 aromatic carbocycles. The summed E-state index contributed by atoms with van der Waals surface area (Å²) < 4.78 is 35.1. The number of nitrogens with one attached hydrogen (secondary N) is 1. The number of pyridine rings is 1. The smallest absolute Gasteiger partial charge is 0.282 e. The van der Waals surface area contributed by atoms with Crippen molar-refractivity contribution in [1.82, 2.24) is 14.6 Å². The van der Waals surface area contributed by atoms with Crippen LogP contribution in [0.1, 0.15) is 23.7 Å². The highest BCUT2D eigenvalue weighted by molar-refractivity contribution is 8.14. The predicted octanol–water partition coefficient (Wildman–Crippen LogP) is 6.17. The van der Waals surface area contributed by atoms with Crippen LogP contribution >= 0.6 is 11.8 Å². The molecule has 2 saturated heterocycles. The summed E-state index contributed by atoms with van der Waals surface area (Å²) in [5.41, 5.74) is 1.94. The third-order valence-electron chi connectivity index (χ3n) is 8.24. The number of benzene rings is 3. The van der Waals surface area contributed by atoms with Crippen LogP contribution in [0.2, 0.25) is 0 Å². The van der Waals surface area contributed by atoms with Gasteiger partial charge in [0, 0.05) is 36.1 Å². The Morgan fingerprint density at radius 3 is 2.80 bits per heavy atom. The minimum Gasteiger partial charge on any atom is -0.497 e. The average Bonchev–Trinajstić information content (AvgIpc) is 3.31. The molecule has 4 aromatic rings. The number of fused-ring (bicyclic) bond motifs is 3. The van der Waals surface area contributed by atoms with Crippen molar-refractivity contribution in [2.24, 2.45) is 11.8 Å². The van der Waals surface area contributed by atoms with Crippen LogP contribution in [0.15, 0.2) is 90.5 Å². The van der Waals surface area contributed by atoms with Gasteiger partial charge in [0.25, 0.3) is 5.24 Å². The summed E-state index contributed by atoms with van der Waals surface area (Å²) in [5, 5.41) is 2.61. The summed E-state index contributed by atoms with van der Waals surface area (Å²) in [5.74, 6) is 0.868. The number of piperidine rings is 1. The van der Waals surface area contributed by atoms with E-state index in [1.54, 1.807) is 25.4 Å². The van der Waals surface area contributed by atoms with Gasteiger partial charge in [-0.05, 0) is 66.0 Å². The van der Waals surface area contributed by atoms with Crippen LogP contribution in [-0.4, -0.2) is 49.8 Å². The lowest BCUT2D eigenvalue weighted by Gasteiger charge is -2.39. The van der Waals surface area contributed by atoms with E-state index in [1.807, 2.05) is 65.6 Å². The number of methoxy groups -OCH3 is 1. The number of carbonyl (C=O) groups excluding carboxylic acids is 1. The Morgan fingerprint density at radius 1 is 1.15 bits per heavy atom. The highest BCUT2D eigenvalue weighted by Gasteiger charge is 2.46. The molecule has 1 N–H and O–H groups in total. The fourth-order valence-electron chi connectivity index (χ4n) is 6.13. The number of ether oxygens (including phenoxy) is 1. The zero-order valence-electron chi connectivity index (χ0n) is 22.2. The van der Waals surface area contributed by atoms with Crippen molar-refractivity contribution in [1.29, 1.82) is 0 Å². The third kappa shape index (κ3) is 4.87. The van der Waals surface area contributed by atoms with E-state index in [0.717, 1.165) is 40.4 Å². The topological polar surface area (TPSA) is 88.6 Å². The van der Waals surface area contributed by atoms with Crippen molar-refractivity contribution in [2.75, 3.05) is 20.2 Å². The van der Waals surface area contributed by atoms with E-state index >= 15 is 0 Å². The molecule has 2 aliphatic heterocycles. The number of hydrogen-bond acceptors (Lipinski definition) is 6. The van der Waals surface area contributed by atoms with Gasteiger partial charge in [0.15, 0.2) is 0 Å². The maximum atomic E-state index is 13.4. The first-order chi connectivity index (χ1) is 19.4. The molecule has 0 saturated carbocycles. The summed E-state index contributed by atoms with van der Waals surface area (Å²) in [6.07, 6.45) is 5.22. The van der Waals surface area contributed by atoms with E-state index in [9.17, 15) is 13.2 Å². The molecular formula is C31H31N3O4S2. The number of amides is 1. The zero-order chi connectivity index (χ0) is 27.9. The molecule has 6 rings (SSSR count). The molecule has 7 nitrogen and oxygen atoms in total. The van der Waals surface area contributed by atoms with Crippen molar-refractivity contribution in [3.05, 3.63) is 91.1 Å². The van der Waals surface area contributed by atoms with Crippen LogP contribution in [0, 0.1) is 11.8 Å². The quantitative estimate of drug-likeness (QED) is 0.254. The summed E-state index contributed by atoms with van der Waals surface area (Å²) >= 11 is 1.37. The minimum absolute atomic E-state index is 0.00479. The van der Waals surface area contributed by atoms with Crippen LogP contribution in [0.5, 0.6) is 5.75 Å². The van der Waals surface area contributed by atoms with Crippen LogP contribution in [0.4, 0.5) is 4.79 Å². The van der Waals surface area contributed by atoms with Crippen molar-refractivity contribution in [3.63, 3.8) is 0 Å².